The minimum absolute atomic E-state index is 0. The Labute approximate surface area is 650 Å². The van der Waals surface area contributed by atoms with E-state index in [-0.39, 0.29) is 65.8 Å². The number of carbonyl (C=O) groups is 3. The van der Waals surface area contributed by atoms with Gasteiger partial charge >= 0.3 is 6.09 Å². The summed E-state index contributed by atoms with van der Waals surface area (Å²) in [5.41, 5.74) is 13.7. The molecule has 25 heteroatoms. The van der Waals surface area contributed by atoms with Gasteiger partial charge in [-0.25, -0.2) is 9.79 Å². The van der Waals surface area contributed by atoms with Gasteiger partial charge < -0.3 is 82.5 Å². The zero-order valence-electron chi connectivity index (χ0n) is 62.6. The predicted octanol–water partition coefficient (Wildman–Crippen LogP) is 12.8. The van der Waals surface area contributed by atoms with Crippen LogP contribution in [0.1, 0.15) is 132 Å². The number of nitrogens with one attached hydrogen (secondary N) is 1. The number of allylic oxidation sites excluding steroid dienone is 3. The number of aliphatic hydroxyl groups excluding tert-OH is 1. The Morgan fingerprint density at radius 2 is 1.09 bits per heavy atom. The molecule has 6 bridgehead atoms. The molecule has 1 unspecified atom stereocenters. The molecule has 1 amide bonds. The number of carboxylic acid groups (broad SMARTS) is 2. The number of rotatable bonds is 42. The maximum Gasteiger partial charge on any atom is 0.407 e. The van der Waals surface area contributed by atoms with E-state index in [1.54, 1.807) is 34.7 Å². The summed E-state index contributed by atoms with van der Waals surface area (Å²) in [7, 11) is 6.63. The van der Waals surface area contributed by atoms with E-state index in [1.165, 1.54) is 16.7 Å². The van der Waals surface area contributed by atoms with Gasteiger partial charge in [-0.2, -0.15) is 5.69 Å². The van der Waals surface area contributed by atoms with Crippen molar-refractivity contribution in [2.75, 3.05) is 134 Å². The first-order valence-corrected chi connectivity index (χ1v) is 35.7. The summed E-state index contributed by atoms with van der Waals surface area (Å²) in [6.07, 6.45) is 13.3. The first-order chi connectivity index (χ1) is 50.5. The molecule has 4 aromatic carbocycles. The molecule has 0 aliphatic carbocycles. The van der Waals surface area contributed by atoms with E-state index in [4.69, 9.17) is 107 Å². The number of fused-ring (bicyclic) bond motifs is 5. The average Bonchev–Trinajstić information content (AvgIpc) is 1.60. The molecule has 105 heavy (non-hydrogen) atoms. The van der Waals surface area contributed by atoms with Crippen LogP contribution in [0.4, 0.5) is 16.2 Å². The number of aliphatic imine (C=N–C) groups is 4. The first kappa shape index (κ1) is 88.1. The number of carbonyl (C=O) groups excluding carboxylic acids is 1. The Hall–Kier alpha value is -7.53. The van der Waals surface area contributed by atoms with E-state index in [1.807, 2.05) is 60.8 Å². The van der Waals surface area contributed by atoms with Crippen molar-refractivity contribution < 1.29 is 126 Å². The number of nitrogens with zero attached hydrogens (tertiary/aromatic N) is 5. The molecule has 24 nitrogen and oxygen atoms in total. The summed E-state index contributed by atoms with van der Waals surface area (Å²) in [5, 5.41) is 26.9. The molecule has 3 aliphatic heterocycles. The molecule has 1 aromatic heterocycles. The monoisotopic (exact) mass is 1600 g/mol. The van der Waals surface area contributed by atoms with Crippen LogP contribution in [0.15, 0.2) is 139 Å². The minimum atomic E-state index is -0.988. The van der Waals surface area contributed by atoms with Gasteiger partial charge in [-0.15, -0.1) is 5.69 Å². The third kappa shape index (κ3) is 28.6. The van der Waals surface area contributed by atoms with Crippen LogP contribution in [0.3, 0.4) is 0 Å². The van der Waals surface area contributed by atoms with Gasteiger partial charge in [-0.3, -0.25) is 24.6 Å². The number of hydrogen-bond donors (Lipinski definition) is 4. The molecule has 8 rings (SSSR count). The number of methoxy groups -OCH3 is 4. The second kappa shape index (κ2) is 49.4. The number of unbranched alkanes of at least 4 members (excludes halogenated alkanes) is 3. The summed E-state index contributed by atoms with van der Waals surface area (Å²) < 4.78 is 70.4. The zero-order valence-corrected chi connectivity index (χ0v) is 64.9. The van der Waals surface area contributed by atoms with E-state index in [0.29, 0.717) is 147 Å². The van der Waals surface area contributed by atoms with Crippen LogP contribution >= 0.6 is 0 Å². The smallest absolute Gasteiger partial charge is 0.407 e. The molecule has 0 radical (unpaired) electrons. The third-order valence-corrected chi connectivity index (χ3v) is 17.1. The predicted molar refractivity (Wildman–Crippen MR) is 403 cm³/mol. The van der Waals surface area contributed by atoms with Crippen molar-refractivity contribution in [3.05, 3.63) is 158 Å². The molecule has 4 N–H and O–H groups in total. The fourth-order valence-corrected chi connectivity index (χ4v) is 12.0. The number of hydrogen-bond acceptors (Lipinski definition) is 20. The van der Waals surface area contributed by atoms with Crippen molar-refractivity contribution in [3.63, 3.8) is 0 Å². The normalized spacial score (nSPS) is 14.3. The van der Waals surface area contributed by atoms with Crippen LogP contribution in [0.5, 0.6) is 23.0 Å². The van der Waals surface area contributed by atoms with Crippen molar-refractivity contribution in [2.45, 2.75) is 124 Å². The van der Waals surface area contributed by atoms with Crippen molar-refractivity contribution >= 4 is 59.3 Å². The van der Waals surface area contributed by atoms with Gasteiger partial charge in [0.1, 0.15) is 30.3 Å². The Kier molecular flexibility index (Phi) is 41.4. The van der Waals surface area contributed by atoms with E-state index in [9.17, 15) is 4.79 Å². The van der Waals surface area contributed by atoms with Gasteiger partial charge in [-0.05, 0) is 141 Å². The third-order valence-electron chi connectivity index (χ3n) is 17.1. The Morgan fingerprint density at radius 1 is 0.581 bits per heavy atom. The van der Waals surface area contributed by atoms with Gasteiger partial charge in [0.25, 0.3) is 11.9 Å². The number of aromatic nitrogens is 1. The number of ether oxygens (including phenoxy) is 12. The molecule has 3 aliphatic rings. The SMILES string of the molecule is CC(=O)O.CC(=O)O.CCc1c2[n-]c(c1CC)CC1N=C(C=Nc3cc(OCCOCCOCCOC)c(OCCOCCOCCOC)cc3N=CC3=N/C(=C\2)C(CCCNC(=O)OCCCCCCO)=C3C)C(C)=C1CCCOC(c1ccccc1)(c1ccc(OC)cc1)c1ccc(OC)cc1.[Gd]. The number of carboxylic acids is 2. The van der Waals surface area contributed by atoms with E-state index >= 15 is 0 Å². The maximum absolute atomic E-state index is 12.8. The van der Waals surface area contributed by atoms with Crippen LogP contribution in [-0.4, -0.2) is 197 Å². The van der Waals surface area contributed by atoms with Crippen LogP contribution in [0.2, 0.25) is 0 Å². The molecule has 0 saturated heterocycles. The molecule has 5 aromatic rings. The average molecular weight is 1600 g/mol. The maximum atomic E-state index is 12.8. The number of aliphatic hydroxyl groups is 1. The van der Waals surface area contributed by atoms with E-state index in [2.05, 4.69) is 75.5 Å². The molecule has 0 fully saturated rings. The number of benzene rings is 4. The second-order valence-electron chi connectivity index (χ2n) is 24.4. The fourth-order valence-electron chi connectivity index (χ4n) is 12.0. The Bertz CT molecular complexity index is 3610. The van der Waals surface area contributed by atoms with Crippen molar-refractivity contribution in [3.8, 4) is 23.0 Å². The minimum Gasteiger partial charge on any atom is -0.661 e. The number of aliphatic carboxylic acids is 2. The molecular weight excluding hydrogens is 1490 g/mol. The van der Waals surface area contributed by atoms with Gasteiger partial charge in [0.15, 0.2) is 11.5 Å². The Balaban J connectivity index is 0.00000209. The topological polar surface area (TPSA) is 298 Å². The zero-order chi connectivity index (χ0) is 74.9. The molecule has 4 heterocycles. The van der Waals surface area contributed by atoms with E-state index in [0.717, 1.165) is 120 Å². The van der Waals surface area contributed by atoms with Crippen LogP contribution < -0.4 is 29.2 Å². The summed E-state index contributed by atoms with van der Waals surface area (Å²) in [5.74, 6) is 0.716. The van der Waals surface area contributed by atoms with E-state index < -0.39 is 23.6 Å². The van der Waals surface area contributed by atoms with Crippen LogP contribution in [0, 0.1) is 39.9 Å². The van der Waals surface area contributed by atoms with Crippen molar-refractivity contribution in [1.82, 2.24) is 10.3 Å². The molecule has 574 valence electrons. The quantitative estimate of drug-likeness (QED) is 0.0208. The largest absolute Gasteiger partial charge is 0.661 e. The molecule has 1 atom stereocenters. The number of amides is 1. The summed E-state index contributed by atoms with van der Waals surface area (Å²) in [6, 6.07) is 30.0. The molecule has 0 spiro atoms. The van der Waals surface area contributed by atoms with Gasteiger partial charge in [0, 0.05) is 99.9 Å². The van der Waals surface area contributed by atoms with Crippen molar-refractivity contribution in [2.24, 2.45) is 20.0 Å². The van der Waals surface area contributed by atoms with Crippen LogP contribution in [-0.2, 0) is 72.3 Å². The van der Waals surface area contributed by atoms with Gasteiger partial charge in [0.2, 0.25) is 0 Å². The summed E-state index contributed by atoms with van der Waals surface area (Å²) >= 11 is 0. The van der Waals surface area contributed by atoms with Crippen LogP contribution in [0.25, 0.3) is 6.08 Å². The summed E-state index contributed by atoms with van der Waals surface area (Å²) in [4.78, 5) is 57.6. The summed E-state index contributed by atoms with van der Waals surface area (Å²) in [6.45, 7) is 16.6. The standard InChI is InChI=1S/C76H100N6O14.2C2H4O2.Gd/c1-9-61-62(10-2)66-49-68-64(23-19-35-96-76(56-20-14-13-15-21-56,57-24-28-59(87-7)29-25-57)58-26-30-60(88-8)31-27-58)55(4)72(82-68)53-79-70-51-74(94-47-45-92-43-41-90-39-37-86-6)73(93-46-44-91-42-40-89-38-36-85-5)50-69(70)78-52-71-54(3)63(67(81-71)48-65(61)80-66)22-18-32-77-75(84)95-34-17-12-11-16-33-83;2*1-2(3)4;/h13-15,20-21,24-31,48,50-53,68,83H,9-12,16-19,22-23,32-47,49H2,1-8H3,(H2,77,78,80,81,82,84);2*1H3,(H,3,4);/p-1. The van der Waals surface area contributed by atoms with Gasteiger partial charge in [-0.1, -0.05) is 92.1 Å². The molecular formula is C80H107GdN6O18-. The fraction of sp³-hybridized carbons (Fsp3) is 0.487. The van der Waals surface area contributed by atoms with Gasteiger partial charge in [0.05, 0.1) is 134 Å². The number of alkyl carbamates (subject to hydrolysis) is 1. The molecule has 0 saturated carbocycles. The Morgan fingerprint density at radius 3 is 1.60 bits per heavy atom. The second-order valence-corrected chi connectivity index (χ2v) is 24.4. The first-order valence-electron chi connectivity index (χ1n) is 35.7. The van der Waals surface area contributed by atoms with Crippen molar-refractivity contribution in [1.29, 1.82) is 0 Å².